The second kappa shape index (κ2) is 23.8. The van der Waals surface area contributed by atoms with Crippen LogP contribution < -0.4 is 14.8 Å². The molecule has 1 aromatic heterocycles. The van der Waals surface area contributed by atoms with Gasteiger partial charge in [-0.15, -0.1) is 11.3 Å². The van der Waals surface area contributed by atoms with Gasteiger partial charge in [0.05, 0.1) is 11.9 Å². The molecule has 0 bridgehead atoms. The van der Waals surface area contributed by atoms with Crippen molar-refractivity contribution in [2.75, 3.05) is 32.9 Å². The molecule has 9 heteroatoms. The Bertz CT molecular complexity index is 772. The number of hydrogen-bond donors (Lipinski definition) is 2. The third kappa shape index (κ3) is 19.0. The Labute approximate surface area is 243 Å². The molecule has 0 fully saturated rings. The molecule has 0 aromatic carbocycles. The fourth-order valence-corrected chi connectivity index (χ4v) is 5.96. The smallest absolute Gasteiger partial charge is 0.267 e. The number of thiophene rings is 1. The van der Waals surface area contributed by atoms with E-state index in [1.807, 2.05) is 17.7 Å². The van der Waals surface area contributed by atoms with Crippen molar-refractivity contribution in [3.63, 3.8) is 0 Å². The fraction of sp³-hybridized carbons (Fsp3) is 0.867. The maximum absolute atomic E-state index is 11.3. The van der Waals surface area contributed by atoms with E-state index < -0.39 is 15.4 Å². The van der Waals surface area contributed by atoms with Gasteiger partial charge in [0.25, 0.3) is 10.1 Å². The second-order valence-corrected chi connectivity index (χ2v) is 13.0. The van der Waals surface area contributed by atoms with E-state index in [9.17, 15) is 13.0 Å². The number of ether oxygens (including phenoxy) is 3. The predicted molar refractivity (Wildman–Crippen MR) is 164 cm³/mol. The summed E-state index contributed by atoms with van der Waals surface area (Å²) in [6.45, 7) is 10.0. The second-order valence-electron chi connectivity index (χ2n) is 10.6. The van der Waals surface area contributed by atoms with Crippen LogP contribution in [0.3, 0.4) is 0 Å². The summed E-state index contributed by atoms with van der Waals surface area (Å²) in [6, 6.07) is 0. The van der Waals surface area contributed by atoms with Gasteiger partial charge >= 0.3 is 0 Å². The molecular formula is C30H57NO6S2. The van der Waals surface area contributed by atoms with Gasteiger partial charge in [0.15, 0.2) is 17.6 Å². The van der Waals surface area contributed by atoms with E-state index in [1.165, 1.54) is 101 Å². The van der Waals surface area contributed by atoms with E-state index in [2.05, 4.69) is 19.2 Å². The molecule has 1 aliphatic heterocycles. The van der Waals surface area contributed by atoms with Gasteiger partial charge in [0.1, 0.15) is 6.61 Å². The molecular weight excluding hydrogens is 534 g/mol. The normalized spacial score (nSPS) is 15.5. The SMILES string of the molecule is CCCCC(CCOCC1COc2cscc2O1)S(=O)(=O)O.CCCCCCCCNCCCCCCCC. The van der Waals surface area contributed by atoms with Gasteiger partial charge in [0, 0.05) is 17.4 Å². The topological polar surface area (TPSA) is 94.1 Å². The van der Waals surface area contributed by atoms with Gasteiger partial charge in [-0.05, 0) is 38.8 Å². The molecule has 0 radical (unpaired) electrons. The summed E-state index contributed by atoms with van der Waals surface area (Å²) < 4.78 is 48.5. The molecule has 39 heavy (non-hydrogen) atoms. The monoisotopic (exact) mass is 591 g/mol. The van der Waals surface area contributed by atoms with Crippen molar-refractivity contribution in [1.82, 2.24) is 5.32 Å². The van der Waals surface area contributed by atoms with Crippen LogP contribution in [0.4, 0.5) is 0 Å². The van der Waals surface area contributed by atoms with Gasteiger partial charge in [-0.3, -0.25) is 4.55 Å². The van der Waals surface area contributed by atoms with Gasteiger partial charge in [0.2, 0.25) is 0 Å². The Morgan fingerprint density at radius 2 is 1.44 bits per heavy atom. The van der Waals surface area contributed by atoms with Crippen LogP contribution in [0.15, 0.2) is 10.8 Å². The molecule has 2 heterocycles. The highest BCUT2D eigenvalue weighted by molar-refractivity contribution is 7.86. The van der Waals surface area contributed by atoms with E-state index in [-0.39, 0.29) is 19.1 Å². The maximum atomic E-state index is 11.3. The zero-order chi connectivity index (χ0) is 28.6. The highest BCUT2D eigenvalue weighted by atomic mass is 32.2. The molecule has 0 aliphatic carbocycles. The summed E-state index contributed by atoms with van der Waals surface area (Å²) in [5.41, 5.74) is 0. The quantitative estimate of drug-likeness (QED) is 0.0982. The first-order valence-corrected chi connectivity index (χ1v) is 18.0. The summed E-state index contributed by atoms with van der Waals surface area (Å²) in [4.78, 5) is 0. The van der Waals surface area contributed by atoms with Crippen LogP contribution >= 0.6 is 11.3 Å². The average Bonchev–Trinajstić information content (AvgIpc) is 3.38. The molecule has 0 saturated heterocycles. The van der Waals surface area contributed by atoms with Gasteiger partial charge in [-0.2, -0.15) is 8.42 Å². The summed E-state index contributed by atoms with van der Waals surface area (Å²) in [5.74, 6) is 1.48. The van der Waals surface area contributed by atoms with Crippen molar-refractivity contribution in [2.24, 2.45) is 0 Å². The molecule has 0 amide bonds. The van der Waals surface area contributed by atoms with E-state index in [4.69, 9.17) is 14.2 Å². The maximum Gasteiger partial charge on any atom is 0.267 e. The van der Waals surface area contributed by atoms with E-state index >= 15 is 0 Å². The zero-order valence-corrected chi connectivity index (χ0v) is 26.6. The highest BCUT2D eigenvalue weighted by Gasteiger charge is 2.24. The highest BCUT2D eigenvalue weighted by Crippen LogP contribution is 2.35. The van der Waals surface area contributed by atoms with Crippen LogP contribution in [-0.4, -0.2) is 57.2 Å². The van der Waals surface area contributed by atoms with Crippen molar-refractivity contribution < 1.29 is 27.2 Å². The van der Waals surface area contributed by atoms with Crippen LogP contribution in [0.1, 0.15) is 124 Å². The van der Waals surface area contributed by atoms with Gasteiger partial charge in [-0.1, -0.05) is 97.8 Å². The zero-order valence-electron chi connectivity index (χ0n) is 25.0. The molecule has 2 rings (SSSR count). The molecule has 2 N–H and O–H groups in total. The minimum absolute atomic E-state index is 0.193. The Kier molecular flexibility index (Phi) is 22.1. The molecule has 7 nitrogen and oxygen atoms in total. The lowest BCUT2D eigenvalue weighted by Gasteiger charge is -2.24. The molecule has 1 aliphatic rings. The van der Waals surface area contributed by atoms with E-state index in [0.717, 1.165) is 24.3 Å². The van der Waals surface area contributed by atoms with Crippen molar-refractivity contribution >= 4 is 21.5 Å². The third-order valence-electron chi connectivity index (χ3n) is 6.91. The lowest BCUT2D eigenvalue weighted by atomic mass is 10.1. The van der Waals surface area contributed by atoms with E-state index in [0.29, 0.717) is 19.6 Å². The summed E-state index contributed by atoms with van der Waals surface area (Å²) in [7, 11) is -4.01. The Balaban J connectivity index is 0.000000406. The minimum atomic E-state index is -4.01. The standard InChI is InChI=1S/C16H35N.C14H22O6S2/c1-3-5-7-9-11-13-15-17-16-14-12-10-8-6-4-2;1-2-3-4-12(22(15,16)17)5-6-18-7-11-8-19-13-9-21-10-14(13)20-11/h17H,3-16H2,1-2H3;9-12H,2-8H2,1H3,(H,15,16,17). The summed E-state index contributed by atoms with van der Waals surface area (Å²) >= 11 is 1.51. The lowest BCUT2D eigenvalue weighted by molar-refractivity contribution is 0.00850. The summed E-state index contributed by atoms with van der Waals surface area (Å²) in [6.07, 6.45) is 19.1. The van der Waals surface area contributed by atoms with Crippen molar-refractivity contribution in [3.05, 3.63) is 10.8 Å². The lowest BCUT2D eigenvalue weighted by Crippen LogP contribution is -2.33. The summed E-state index contributed by atoms with van der Waals surface area (Å²) in [5, 5.41) is 6.58. The van der Waals surface area contributed by atoms with Crippen molar-refractivity contribution in [3.8, 4) is 11.5 Å². The number of unbranched alkanes of at least 4 members (excludes halogenated alkanes) is 11. The number of fused-ring (bicyclic) bond motifs is 1. The molecule has 0 spiro atoms. The first-order valence-electron chi connectivity index (χ1n) is 15.5. The van der Waals surface area contributed by atoms with Gasteiger partial charge < -0.3 is 19.5 Å². The number of rotatable bonds is 23. The van der Waals surface area contributed by atoms with Crippen LogP contribution in [0.25, 0.3) is 0 Å². The fourth-order valence-electron chi connectivity index (χ4n) is 4.43. The van der Waals surface area contributed by atoms with Gasteiger partial charge in [-0.25, -0.2) is 0 Å². The average molecular weight is 592 g/mol. The van der Waals surface area contributed by atoms with Crippen LogP contribution in [0, 0.1) is 0 Å². The predicted octanol–water partition coefficient (Wildman–Crippen LogP) is 8.04. The first kappa shape index (κ1) is 36.2. The molecule has 2 unspecified atom stereocenters. The molecule has 0 saturated carbocycles. The minimum Gasteiger partial charge on any atom is -0.485 e. The van der Waals surface area contributed by atoms with Crippen LogP contribution in [0.2, 0.25) is 0 Å². The van der Waals surface area contributed by atoms with Crippen molar-refractivity contribution in [2.45, 2.75) is 135 Å². The van der Waals surface area contributed by atoms with Crippen molar-refractivity contribution in [1.29, 1.82) is 0 Å². The molecule has 230 valence electrons. The van der Waals surface area contributed by atoms with Crippen LogP contribution in [-0.2, 0) is 14.9 Å². The molecule has 1 aromatic rings. The largest absolute Gasteiger partial charge is 0.485 e. The number of nitrogens with one attached hydrogen (secondary N) is 1. The molecule has 2 atom stereocenters. The number of hydrogen-bond acceptors (Lipinski definition) is 7. The first-order chi connectivity index (χ1) is 18.9. The Hall–Kier alpha value is -0.870. The van der Waals surface area contributed by atoms with E-state index in [1.54, 1.807) is 0 Å². The Morgan fingerprint density at radius 3 is 2.03 bits per heavy atom. The Morgan fingerprint density at radius 1 is 0.872 bits per heavy atom. The third-order valence-corrected chi connectivity index (χ3v) is 8.93. The van der Waals surface area contributed by atoms with Crippen LogP contribution in [0.5, 0.6) is 11.5 Å².